The summed E-state index contributed by atoms with van der Waals surface area (Å²) in [4.78, 5) is 4.12. The molecule has 0 atom stereocenters. The van der Waals surface area contributed by atoms with E-state index in [2.05, 4.69) is 4.98 Å². The predicted octanol–water partition coefficient (Wildman–Crippen LogP) is 4.14. The number of aromatic nitrogens is 2. The van der Waals surface area contributed by atoms with Crippen molar-refractivity contribution in [3.05, 3.63) is 50.6 Å². The Morgan fingerprint density at radius 3 is 2.75 bits per heavy atom. The zero-order valence-electron chi connectivity index (χ0n) is 9.87. The minimum absolute atomic E-state index is 0.0327. The van der Waals surface area contributed by atoms with Gasteiger partial charge in [0.1, 0.15) is 5.82 Å². The Bertz CT molecular complexity index is 832. The van der Waals surface area contributed by atoms with E-state index < -0.39 is 11.6 Å². The molecule has 102 valence electrons. The fraction of sp³-hybridized carbons (Fsp3) is 0. The van der Waals surface area contributed by atoms with E-state index in [0.717, 1.165) is 0 Å². The number of nitrogens with two attached hydrogens (primary N) is 1. The summed E-state index contributed by atoms with van der Waals surface area (Å²) in [5.74, 6) is -0.969. The number of anilines is 1. The number of imidazole rings is 1. The molecule has 0 radical (unpaired) electrons. The molecule has 3 rings (SSSR count). The maximum Gasteiger partial charge on any atom is 0.206 e. The van der Waals surface area contributed by atoms with E-state index in [1.807, 2.05) is 22.6 Å². The second kappa shape index (κ2) is 4.85. The van der Waals surface area contributed by atoms with Gasteiger partial charge in [-0.2, -0.15) is 0 Å². The van der Waals surface area contributed by atoms with Crippen LogP contribution in [0.1, 0.15) is 0 Å². The molecule has 20 heavy (non-hydrogen) atoms. The molecular weight excluding hydrogens is 399 g/mol. The summed E-state index contributed by atoms with van der Waals surface area (Å²) in [6.45, 7) is 0. The molecule has 3 nitrogen and oxygen atoms in total. The van der Waals surface area contributed by atoms with Crippen LogP contribution in [-0.2, 0) is 0 Å². The van der Waals surface area contributed by atoms with Gasteiger partial charge in [-0.3, -0.25) is 4.57 Å². The van der Waals surface area contributed by atoms with Crippen molar-refractivity contribution in [3.8, 4) is 5.69 Å². The fourth-order valence-corrected chi connectivity index (χ4v) is 2.63. The van der Waals surface area contributed by atoms with Crippen molar-refractivity contribution in [1.82, 2.24) is 9.55 Å². The van der Waals surface area contributed by atoms with Crippen molar-refractivity contribution in [1.29, 1.82) is 0 Å². The van der Waals surface area contributed by atoms with Gasteiger partial charge >= 0.3 is 0 Å². The zero-order valence-corrected chi connectivity index (χ0v) is 12.8. The number of nitrogens with zero attached hydrogens (tertiary/aromatic N) is 2. The number of fused-ring (bicyclic) bond motifs is 1. The lowest BCUT2D eigenvalue weighted by atomic mass is 10.2. The highest BCUT2D eigenvalue weighted by molar-refractivity contribution is 14.1. The smallest absolute Gasteiger partial charge is 0.206 e. The first kappa shape index (κ1) is 13.6. The van der Waals surface area contributed by atoms with E-state index in [4.69, 9.17) is 17.3 Å². The number of benzene rings is 2. The highest BCUT2D eigenvalue weighted by Crippen LogP contribution is 2.29. The second-order valence-electron chi connectivity index (χ2n) is 4.13. The number of halogens is 4. The molecule has 0 bridgehead atoms. The van der Waals surface area contributed by atoms with Gasteiger partial charge in [0.05, 0.1) is 25.3 Å². The van der Waals surface area contributed by atoms with Gasteiger partial charge in [-0.25, -0.2) is 13.8 Å². The molecule has 2 aromatic carbocycles. The summed E-state index contributed by atoms with van der Waals surface area (Å²) in [5, 5.41) is -0.0327. The summed E-state index contributed by atoms with van der Waals surface area (Å²) in [5.41, 5.74) is 6.84. The number of hydrogen-bond donors (Lipinski definition) is 1. The Morgan fingerprint density at radius 2 is 2.00 bits per heavy atom. The van der Waals surface area contributed by atoms with E-state index in [-0.39, 0.29) is 16.7 Å². The maximum atomic E-state index is 14.1. The molecular formula is C13H7ClF2IN3. The van der Waals surface area contributed by atoms with E-state index in [1.165, 1.54) is 22.8 Å². The molecule has 0 fully saturated rings. The first-order chi connectivity index (χ1) is 9.49. The maximum absolute atomic E-state index is 14.1. The van der Waals surface area contributed by atoms with Crippen molar-refractivity contribution >= 4 is 51.2 Å². The van der Waals surface area contributed by atoms with Crippen molar-refractivity contribution in [2.24, 2.45) is 0 Å². The van der Waals surface area contributed by atoms with E-state index >= 15 is 0 Å². The van der Waals surface area contributed by atoms with E-state index in [9.17, 15) is 8.78 Å². The largest absolute Gasteiger partial charge is 0.369 e. The molecule has 0 amide bonds. The van der Waals surface area contributed by atoms with Crippen LogP contribution in [0.2, 0.25) is 5.02 Å². The fourth-order valence-electron chi connectivity index (χ4n) is 2.01. The van der Waals surface area contributed by atoms with Crippen molar-refractivity contribution in [2.75, 3.05) is 5.73 Å². The number of hydrogen-bond acceptors (Lipinski definition) is 2. The summed E-state index contributed by atoms with van der Waals surface area (Å²) in [7, 11) is 0. The minimum Gasteiger partial charge on any atom is -0.369 e. The van der Waals surface area contributed by atoms with Crippen molar-refractivity contribution in [3.63, 3.8) is 0 Å². The molecule has 3 aromatic rings. The van der Waals surface area contributed by atoms with Crippen LogP contribution in [0.4, 0.5) is 14.7 Å². The van der Waals surface area contributed by atoms with E-state index in [0.29, 0.717) is 14.6 Å². The summed E-state index contributed by atoms with van der Waals surface area (Å²) in [6.07, 6.45) is 0. The highest BCUT2D eigenvalue weighted by Gasteiger charge is 2.16. The predicted molar refractivity (Wildman–Crippen MR) is 83.1 cm³/mol. The first-order valence-electron chi connectivity index (χ1n) is 5.56. The van der Waals surface area contributed by atoms with Gasteiger partial charge in [0.25, 0.3) is 0 Å². The minimum atomic E-state index is -0.626. The Morgan fingerprint density at radius 1 is 1.25 bits per heavy atom. The third-order valence-corrected chi connectivity index (χ3v) is 4.01. The van der Waals surface area contributed by atoms with Crippen molar-refractivity contribution in [2.45, 2.75) is 0 Å². The zero-order chi connectivity index (χ0) is 14.4. The molecule has 1 aromatic heterocycles. The van der Waals surface area contributed by atoms with Gasteiger partial charge in [-0.15, -0.1) is 0 Å². The third-order valence-electron chi connectivity index (χ3n) is 2.89. The average Bonchev–Trinajstić information content (AvgIpc) is 2.69. The van der Waals surface area contributed by atoms with Gasteiger partial charge < -0.3 is 5.73 Å². The van der Waals surface area contributed by atoms with Crippen LogP contribution in [0.5, 0.6) is 0 Å². The molecule has 0 aliphatic carbocycles. The van der Waals surface area contributed by atoms with E-state index in [1.54, 1.807) is 12.1 Å². The van der Waals surface area contributed by atoms with Crippen LogP contribution < -0.4 is 5.73 Å². The van der Waals surface area contributed by atoms with Crippen LogP contribution in [-0.4, -0.2) is 9.55 Å². The molecule has 2 N–H and O–H groups in total. The molecule has 0 spiro atoms. The van der Waals surface area contributed by atoms with Crippen LogP contribution in [0.3, 0.4) is 0 Å². The molecule has 1 heterocycles. The second-order valence-corrected chi connectivity index (χ2v) is 5.70. The molecule has 0 saturated carbocycles. The quantitative estimate of drug-likeness (QED) is 0.618. The van der Waals surface area contributed by atoms with Gasteiger partial charge in [0.2, 0.25) is 5.95 Å². The van der Waals surface area contributed by atoms with Crippen molar-refractivity contribution < 1.29 is 8.78 Å². The third kappa shape index (κ3) is 2.03. The standard InChI is InChI=1S/C13H7ClF2IN3/c14-6-2-1-3-10(12(6)16)20-11-4-7(15)8(17)5-9(11)19-13(20)18/h1-5H,(H2,18,19). The molecule has 0 unspecified atom stereocenters. The highest BCUT2D eigenvalue weighted by atomic mass is 127. The molecule has 0 aliphatic heterocycles. The van der Waals surface area contributed by atoms with Gasteiger partial charge in [0.15, 0.2) is 5.82 Å². The topological polar surface area (TPSA) is 43.8 Å². The normalized spacial score (nSPS) is 11.2. The van der Waals surface area contributed by atoms with Crippen LogP contribution >= 0.6 is 34.2 Å². The monoisotopic (exact) mass is 405 g/mol. The summed E-state index contributed by atoms with van der Waals surface area (Å²) in [6, 6.07) is 7.37. The van der Waals surface area contributed by atoms with Crippen LogP contribution in [0.15, 0.2) is 30.3 Å². The van der Waals surface area contributed by atoms with Crippen LogP contribution in [0.25, 0.3) is 16.7 Å². The molecule has 0 saturated heterocycles. The SMILES string of the molecule is Nc1nc2cc(I)c(F)cc2n1-c1cccc(Cl)c1F. The number of rotatable bonds is 1. The summed E-state index contributed by atoms with van der Waals surface area (Å²) >= 11 is 7.63. The first-order valence-corrected chi connectivity index (χ1v) is 7.02. The van der Waals surface area contributed by atoms with Gasteiger partial charge in [-0.05, 0) is 40.8 Å². The Kier molecular flexibility index (Phi) is 3.29. The summed E-state index contributed by atoms with van der Waals surface area (Å²) < 4.78 is 29.6. The van der Waals surface area contributed by atoms with Crippen LogP contribution in [0, 0.1) is 15.2 Å². The number of nitrogen functional groups attached to an aromatic ring is 1. The lowest BCUT2D eigenvalue weighted by Crippen LogP contribution is -2.03. The lowest BCUT2D eigenvalue weighted by molar-refractivity contribution is 0.617. The Hall–Kier alpha value is -1.41. The van der Waals surface area contributed by atoms with Gasteiger partial charge in [-0.1, -0.05) is 17.7 Å². The molecule has 0 aliphatic rings. The lowest BCUT2D eigenvalue weighted by Gasteiger charge is -2.08. The molecule has 7 heteroatoms. The Balaban J connectivity index is 2.39. The Labute approximate surface area is 131 Å². The average molecular weight is 406 g/mol. The van der Waals surface area contributed by atoms with Gasteiger partial charge in [0, 0.05) is 6.07 Å².